The highest BCUT2D eigenvalue weighted by molar-refractivity contribution is 4.72. The SMILES string of the molecule is CCC(C)CC(C)CC(CC(C)CC(C)C)CC(C)CC(C)C. The van der Waals surface area contributed by atoms with E-state index >= 15 is 0 Å². The molecule has 0 amide bonds. The summed E-state index contributed by atoms with van der Waals surface area (Å²) in [5.74, 6) is 6.20. The van der Waals surface area contributed by atoms with E-state index in [9.17, 15) is 0 Å². The van der Waals surface area contributed by atoms with Crippen LogP contribution in [-0.2, 0) is 0 Å². The fourth-order valence-electron chi connectivity index (χ4n) is 4.75. The number of hydrogen-bond acceptors (Lipinski definition) is 0. The Bertz CT molecular complexity index is 247. The third-order valence-corrected chi connectivity index (χ3v) is 5.46. The molecule has 0 fully saturated rings. The Kier molecular flexibility index (Phi) is 12.4. The maximum Gasteiger partial charge on any atom is -0.0407 e. The molecule has 4 unspecified atom stereocenters. The molecule has 140 valence electrons. The molecule has 23 heavy (non-hydrogen) atoms. The molecular formula is C23H48. The van der Waals surface area contributed by atoms with E-state index in [1.807, 2.05) is 0 Å². The zero-order valence-corrected chi connectivity index (χ0v) is 18.0. The number of rotatable bonds is 13. The predicted molar refractivity (Wildman–Crippen MR) is 108 cm³/mol. The van der Waals surface area contributed by atoms with Gasteiger partial charge in [0.2, 0.25) is 0 Å². The molecule has 0 nitrogen and oxygen atoms in total. The highest BCUT2D eigenvalue weighted by Gasteiger charge is 2.21. The van der Waals surface area contributed by atoms with Crippen molar-refractivity contribution in [3.05, 3.63) is 0 Å². The predicted octanol–water partition coefficient (Wildman–Crippen LogP) is 8.21. The lowest BCUT2D eigenvalue weighted by Gasteiger charge is -2.28. The van der Waals surface area contributed by atoms with Gasteiger partial charge in [-0.25, -0.2) is 0 Å². The molecule has 0 saturated heterocycles. The van der Waals surface area contributed by atoms with Crippen LogP contribution >= 0.6 is 0 Å². The van der Waals surface area contributed by atoms with Gasteiger partial charge in [-0.3, -0.25) is 0 Å². The van der Waals surface area contributed by atoms with Crippen molar-refractivity contribution >= 4 is 0 Å². The Morgan fingerprint density at radius 1 is 0.435 bits per heavy atom. The van der Waals surface area contributed by atoms with E-state index in [4.69, 9.17) is 0 Å². The van der Waals surface area contributed by atoms with Crippen molar-refractivity contribution in [2.75, 3.05) is 0 Å². The van der Waals surface area contributed by atoms with Crippen molar-refractivity contribution in [3.8, 4) is 0 Å². The summed E-state index contributed by atoms with van der Waals surface area (Å²) in [6.45, 7) is 21.7. The summed E-state index contributed by atoms with van der Waals surface area (Å²) in [4.78, 5) is 0. The summed E-state index contributed by atoms with van der Waals surface area (Å²) < 4.78 is 0. The van der Waals surface area contributed by atoms with E-state index in [2.05, 4.69) is 62.3 Å². The molecule has 0 aliphatic heterocycles. The molecule has 0 rings (SSSR count). The average Bonchev–Trinajstić information content (AvgIpc) is 2.35. The van der Waals surface area contributed by atoms with Crippen molar-refractivity contribution in [2.24, 2.45) is 41.4 Å². The molecule has 0 heterocycles. The van der Waals surface area contributed by atoms with Crippen LogP contribution in [0.3, 0.4) is 0 Å². The highest BCUT2D eigenvalue weighted by Crippen LogP contribution is 2.33. The molecule has 0 saturated carbocycles. The molecule has 0 bridgehead atoms. The second-order valence-corrected chi connectivity index (χ2v) is 9.90. The van der Waals surface area contributed by atoms with Crippen LogP contribution in [0.15, 0.2) is 0 Å². The van der Waals surface area contributed by atoms with Crippen LogP contribution in [0.25, 0.3) is 0 Å². The minimum atomic E-state index is 0.844. The smallest absolute Gasteiger partial charge is 0.0407 e. The lowest BCUT2D eigenvalue weighted by Crippen LogP contribution is -2.17. The van der Waals surface area contributed by atoms with E-state index in [0.717, 1.165) is 41.4 Å². The highest BCUT2D eigenvalue weighted by atomic mass is 14.3. The Hall–Kier alpha value is 0. The largest absolute Gasteiger partial charge is 0.0651 e. The molecule has 0 heteroatoms. The molecule has 0 spiro atoms. The Labute approximate surface area is 149 Å². The van der Waals surface area contributed by atoms with Crippen LogP contribution < -0.4 is 0 Å². The first kappa shape index (κ1) is 23.0. The normalized spacial score (nSPS) is 18.9. The second kappa shape index (κ2) is 12.4. The van der Waals surface area contributed by atoms with Crippen molar-refractivity contribution in [1.82, 2.24) is 0 Å². The summed E-state index contributed by atoms with van der Waals surface area (Å²) in [6, 6.07) is 0. The summed E-state index contributed by atoms with van der Waals surface area (Å²) in [5, 5.41) is 0. The number of hydrogen-bond donors (Lipinski definition) is 0. The summed E-state index contributed by atoms with van der Waals surface area (Å²) >= 11 is 0. The van der Waals surface area contributed by atoms with Gasteiger partial charge < -0.3 is 0 Å². The van der Waals surface area contributed by atoms with Crippen LogP contribution in [0.1, 0.15) is 107 Å². The molecule has 0 aromatic rings. The molecule has 0 aromatic carbocycles. The van der Waals surface area contributed by atoms with Crippen LogP contribution in [0.5, 0.6) is 0 Å². The van der Waals surface area contributed by atoms with Crippen LogP contribution in [-0.4, -0.2) is 0 Å². The third-order valence-electron chi connectivity index (χ3n) is 5.46. The summed E-state index contributed by atoms with van der Waals surface area (Å²) in [5.41, 5.74) is 0. The molecule has 0 radical (unpaired) electrons. The lowest BCUT2D eigenvalue weighted by molar-refractivity contribution is 0.231. The van der Waals surface area contributed by atoms with Crippen molar-refractivity contribution in [1.29, 1.82) is 0 Å². The molecule has 0 aliphatic rings. The van der Waals surface area contributed by atoms with Gasteiger partial charge >= 0.3 is 0 Å². The van der Waals surface area contributed by atoms with Crippen molar-refractivity contribution < 1.29 is 0 Å². The zero-order valence-electron chi connectivity index (χ0n) is 18.0. The van der Waals surface area contributed by atoms with Gasteiger partial charge in [0.25, 0.3) is 0 Å². The van der Waals surface area contributed by atoms with Gasteiger partial charge in [-0.2, -0.15) is 0 Å². The van der Waals surface area contributed by atoms with E-state index in [1.54, 1.807) is 0 Å². The molecular weight excluding hydrogens is 276 g/mol. The second-order valence-electron chi connectivity index (χ2n) is 9.90. The summed E-state index contributed by atoms with van der Waals surface area (Å²) in [7, 11) is 0. The monoisotopic (exact) mass is 324 g/mol. The van der Waals surface area contributed by atoms with E-state index in [-0.39, 0.29) is 0 Å². The molecule has 4 atom stereocenters. The topological polar surface area (TPSA) is 0 Å². The molecule has 0 aliphatic carbocycles. The van der Waals surface area contributed by atoms with Gasteiger partial charge in [-0.1, -0.05) is 68.7 Å². The van der Waals surface area contributed by atoms with Gasteiger partial charge in [0.15, 0.2) is 0 Å². The van der Waals surface area contributed by atoms with Gasteiger partial charge in [0.05, 0.1) is 0 Å². The molecule has 0 N–H and O–H groups in total. The van der Waals surface area contributed by atoms with Crippen LogP contribution in [0.2, 0.25) is 0 Å². The Balaban J connectivity index is 4.58. The van der Waals surface area contributed by atoms with E-state index < -0.39 is 0 Å². The first-order valence-electron chi connectivity index (χ1n) is 10.6. The first-order chi connectivity index (χ1) is 10.6. The fraction of sp³-hybridized carbons (Fsp3) is 1.00. The zero-order chi connectivity index (χ0) is 18.0. The fourth-order valence-corrected chi connectivity index (χ4v) is 4.75. The first-order valence-corrected chi connectivity index (χ1v) is 10.6. The summed E-state index contributed by atoms with van der Waals surface area (Å²) in [6.07, 6.45) is 9.91. The Morgan fingerprint density at radius 3 is 1.09 bits per heavy atom. The van der Waals surface area contributed by atoms with Crippen LogP contribution in [0, 0.1) is 41.4 Å². The quantitative estimate of drug-likeness (QED) is 0.320. The lowest BCUT2D eigenvalue weighted by atomic mass is 9.77. The third kappa shape index (κ3) is 13.0. The van der Waals surface area contributed by atoms with Gasteiger partial charge in [0.1, 0.15) is 0 Å². The van der Waals surface area contributed by atoms with Crippen molar-refractivity contribution in [3.63, 3.8) is 0 Å². The minimum Gasteiger partial charge on any atom is -0.0651 e. The van der Waals surface area contributed by atoms with Gasteiger partial charge in [-0.15, -0.1) is 0 Å². The standard InChI is InChI=1S/C23H48/c1-10-19(6)13-22(9)16-23(14-20(7)11-17(2)3)15-21(8)12-18(4)5/h17-23H,10-16H2,1-9H3. The molecule has 0 aromatic heterocycles. The minimum absolute atomic E-state index is 0.844. The Morgan fingerprint density at radius 2 is 0.783 bits per heavy atom. The maximum atomic E-state index is 2.50. The van der Waals surface area contributed by atoms with Crippen LogP contribution in [0.4, 0.5) is 0 Å². The van der Waals surface area contributed by atoms with E-state index in [1.165, 1.54) is 44.9 Å². The van der Waals surface area contributed by atoms with Gasteiger partial charge in [-0.05, 0) is 80.0 Å². The van der Waals surface area contributed by atoms with E-state index in [0.29, 0.717) is 0 Å². The van der Waals surface area contributed by atoms with Gasteiger partial charge in [0, 0.05) is 0 Å². The maximum absolute atomic E-state index is 2.50. The van der Waals surface area contributed by atoms with Crippen molar-refractivity contribution in [2.45, 2.75) is 107 Å². The average molecular weight is 325 g/mol.